The molecule has 0 atom stereocenters. The molecule has 0 heteroatoms. The summed E-state index contributed by atoms with van der Waals surface area (Å²) in [6, 6.07) is 0. The second kappa shape index (κ2) is 2.16. The molecule has 0 radical (unpaired) electrons. The second-order valence-electron chi connectivity index (χ2n) is 5.79. The Labute approximate surface area is 76.1 Å². The molecule has 0 heterocycles. The summed E-state index contributed by atoms with van der Waals surface area (Å²) in [6.07, 6.45) is 5.54. The lowest BCUT2D eigenvalue weighted by atomic mass is 9.44. The Morgan fingerprint density at radius 3 is 2.25 bits per heavy atom. The van der Waals surface area contributed by atoms with Crippen molar-refractivity contribution in [3.8, 4) is 0 Å². The second-order valence-corrected chi connectivity index (χ2v) is 5.79. The van der Waals surface area contributed by atoms with Gasteiger partial charge in [0.25, 0.3) is 0 Å². The van der Waals surface area contributed by atoms with Gasteiger partial charge in [-0.1, -0.05) is 32.9 Å². The molecule has 0 aromatic carbocycles. The van der Waals surface area contributed by atoms with Gasteiger partial charge in [-0.2, -0.15) is 0 Å². The average Bonchev–Trinajstić information content (AvgIpc) is 1.82. The predicted octanol–water partition coefficient (Wildman–Crippen LogP) is 3.78. The number of fused-ring (bicyclic) bond motifs is 2. The quantitative estimate of drug-likeness (QED) is 0.478. The molecule has 0 nitrogen and oxygen atoms in total. The van der Waals surface area contributed by atoms with Crippen LogP contribution in [0.25, 0.3) is 0 Å². The number of hydrogen-bond donors (Lipinski definition) is 0. The number of hydrogen-bond acceptors (Lipinski definition) is 0. The van der Waals surface area contributed by atoms with Crippen molar-refractivity contribution in [3.63, 3.8) is 0 Å². The van der Waals surface area contributed by atoms with Crippen LogP contribution >= 0.6 is 0 Å². The van der Waals surface area contributed by atoms with Gasteiger partial charge in [-0.25, -0.2) is 0 Å². The third-order valence-electron chi connectivity index (χ3n) is 4.37. The van der Waals surface area contributed by atoms with Gasteiger partial charge in [0, 0.05) is 0 Å². The first kappa shape index (κ1) is 8.34. The van der Waals surface area contributed by atoms with Gasteiger partial charge in [-0.05, 0) is 42.4 Å². The highest BCUT2D eigenvalue weighted by atomic mass is 14.6. The maximum absolute atomic E-state index is 4.15. The van der Waals surface area contributed by atoms with E-state index in [1.165, 1.54) is 31.3 Å². The minimum Gasteiger partial charge on any atom is -0.0996 e. The molecule has 2 bridgehead atoms. The number of allylic oxidation sites excluding steroid dienone is 1. The fraction of sp³-hybridized carbons (Fsp3) is 0.833. The topological polar surface area (TPSA) is 0 Å². The van der Waals surface area contributed by atoms with Crippen LogP contribution in [-0.4, -0.2) is 0 Å². The van der Waals surface area contributed by atoms with Crippen LogP contribution in [0.15, 0.2) is 12.2 Å². The van der Waals surface area contributed by atoms with Gasteiger partial charge in [0.1, 0.15) is 0 Å². The summed E-state index contributed by atoms with van der Waals surface area (Å²) in [7, 11) is 0. The van der Waals surface area contributed by atoms with E-state index in [0.717, 1.165) is 5.92 Å². The van der Waals surface area contributed by atoms with Crippen LogP contribution < -0.4 is 0 Å². The molecule has 0 aromatic rings. The molecule has 0 aromatic heterocycles. The standard InChI is InChI=1S/C12H20/c1-9-5-6-12(11(2,3)4)7-10(9)8-12/h10H,1,5-8H2,2-4H3. The Bertz CT molecular complexity index is 205. The van der Waals surface area contributed by atoms with E-state index in [1.54, 1.807) is 0 Å². The zero-order valence-electron chi connectivity index (χ0n) is 8.61. The highest BCUT2D eigenvalue weighted by Crippen LogP contribution is 2.64. The number of rotatable bonds is 0. The van der Waals surface area contributed by atoms with Gasteiger partial charge in [-0.3, -0.25) is 0 Å². The molecule has 3 saturated carbocycles. The Kier molecular flexibility index (Phi) is 1.50. The van der Waals surface area contributed by atoms with Crippen molar-refractivity contribution in [2.45, 2.75) is 46.5 Å². The Morgan fingerprint density at radius 2 is 1.92 bits per heavy atom. The van der Waals surface area contributed by atoms with Gasteiger partial charge in [0.2, 0.25) is 0 Å². The van der Waals surface area contributed by atoms with Crippen molar-refractivity contribution in [1.82, 2.24) is 0 Å². The van der Waals surface area contributed by atoms with Crippen molar-refractivity contribution in [2.75, 3.05) is 0 Å². The molecule has 3 rings (SSSR count). The molecule has 3 aliphatic rings. The molecular formula is C12H20. The summed E-state index contributed by atoms with van der Waals surface area (Å²) in [5.74, 6) is 0.887. The molecule has 0 unspecified atom stereocenters. The minimum atomic E-state index is 0.518. The van der Waals surface area contributed by atoms with Crippen molar-refractivity contribution in [3.05, 3.63) is 12.2 Å². The molecule has 0 N–H and O–H groups in total. The van der Waals surface area contributed by atoms with E-state index >= 15 is 0 Å². The third kappa shape index (κ3) is 0.901. The highest BCUT2D eigenvalue weighted by Gasteiger charge is 2.54. The third-order valence-corrected chi connectivity index (χ3v) is 4.37. The molecular weight excluding hydrogens is 144 g/mol. The normalized spacial score (nSPS) is 40.9. The first-order valence-electron chi connectivity index (χ1n) is 5.12. The van der Waals surface area contributed by atoms with E-state index in [9.17, 15) is 0 Å². The van der Waals surface area contributed by atoms with Crippen LogP contribution in [0.1, 0.15) is 46.5 Å². The monoisotopic (exact) mass is 164 g/mol. The maximum Gasteiger partial charge on any atom is -0.0195 e. The molecule has 0 saturated heterocycles. The summed E-state index contributed by atoms with van der Waals surface area (Å²) in [4.78, 5) is 0. The molecule has 68 valence electrons. The zero-order chi connectivity index (χ0) is 8.98. The average molecular weight is 164 g/mol. The molecule has 0 amide bonds. The summed E-state index contributed by atoms with van der Waals surface area (Å²) in [6.45, 7) is 11.3. The van der Waals surface area contributed by atoms with Crippen LogP contribution in [0.3, 0.4) is 0 Å². The lowest BCUT2D eigenvalue weighted by molar-refractivity contribution is -0.0667. The van der Waals surface area contributed by atoms with Gasteiger partial charge < -0.3 is 0 Å². The molecule has 0 spiro atoms. The van der Waals surface area contributed by atoms with E-state index in [0.29, 0.717) is 10.8 Å². The van der Waals surface area contributed by atoms with Gasteiger partial charge in [0.05, 0.1) is 0 Å². The van der Waals surface area contributed by atoms with Gasteiger partial charge >= 0.3 is 0 Å². The first-order chi connectivity index (χ1) is 5.45. The Hall–Kier alpha value is -0.260. The van der Waals surface area contributed by atoms with E-state index in [-0.39, 0.29) is 0 Å². The molecule has 3 fully saturated rings. The molecule has 3 aliphatic carbocycles. The van der Waals surface area contributed by atoms with Crippen LogP contribution in [0, 0.1) is 16.7 Å². The van der Waals surface area contributed by atoms with Gasteiger partial charge in [0.15, 0.2) is 0 Å². The van der Waals surface area contributed by atoms with Crippen molar-refractivity contribution < 1.29 is 0 Å². The SMILES string of the molecule is C=C1CCC2(C(C)(C)C)CC1C2. The van der Waals surface area contributed by atoms with E-state index < -0.39 is 0 Å². The van der Waals surface area contributed by atoms with E-state index in [1.807, 2.05) is 0 Å². The van der Waals surface area contributed by atoms with E-state index in [4.69, 9.17) is 0 Å². The fourth-order valence-corrected chi connectivity index (χ4v) is 2.97. The summed E-state index contributed by atoms with van der Waals surface area (Å²) in [5.41, 5.74) is 2.73. The first-order valence-corrected chi connectivity index (χ1v) is 5.12. The van der Waals surface area contributed by atoms with Crippen LogP contribution in [0.4, 0.5) is 0 Å². The molecule has 0 aliphatic heterocycles. The van der Waals surface area contributed by atoms with Gasteiger partial charge in [-0.15, -0.1) is 0 Å². The van der Waals surface area contributed by atoms with Crippen molar-refractivity contribution >= 4 is 0 Å². The lowest BCUT2D eigenvalue weighted by Gasteiger charge is -2.60. The van der Waals surface area contributed by atoms with Crippen LogP contribution in [0.5, 0.6) is 0 Å². The summed E-state index contributed by atoms with van der Waals surface area (Å²) >= 11 is 0. The van der Waals surface area contributed by atoms with E-state index in [2.05, 4.69) is 27.4 Å². The fourth-order valence-electron chi connectivity index (χ4n) is 2.97. The highest BCUT2D eigenvalue weighted by molar-refractivity contribution is 5.18. The smallest absolute Gasteiger partial charge is 0.0195 e. The summed E-state index contributed by atoms with van der Waals surface area (Å²) in [5, 5.41) is 0. The lowest BCUT2D eigenvalue weighted by Crippen LogP contribution is -2.50. The maximum atomic E-state index is 4.15. The summed E-state index contributed by atoms with van der Waals surface area (Å²) < 4.78 is 0. The largest absolute Gasteiger partial charge is 0.0996 e. The minimum absolute atomic E-state index is 0.518. The van der Waals surface area contributed by atoms with Crippen LogP contribution in [0.2, 0.25) is 0 Å². The van der Waals surface area contributed by atoms with Crippen molar-refractivity contribution in [2.24, 2.45) is 16.7 Å². The Morgan fingerprint density at radius 1 is 1.33 bits per heavy atom. The Balaban J connectivity index is 2.16. The van der Waals surface area contributed by atoms with Crippen molar-refractivity contribution in [1.29, 1.82) is 0 Å². The predicted molar refractivity (Wildman–Crippen MR) is 53.0 cm³/mol. The molecule has 12 heavy (non-hydrogen) atoms. The van der Waals surface area contributed by atoms with Crippen LogP contribution in [-0.2, 0) is 0 Å². The zero-order valence-corrected chi connectivity index (χ0v) is 8.61.